The molecule has 0 unspecified atom stereocenters. The summed E-state index contributed by atoms with van der Waals surface area (Å²) >= 11 is 5.97. The van der Waals surface area contributed by atoms with Crippen molar-refractivity contribution in [3.05, 3.63) is 35.0 Å². The van der Waals surface area contributed by atoms with E-state index in [4.69, 9.17) is 16.0 Å². The second-order valence-electron chi connectivity index (χ2n) is 6.84. The fourth-order valence-corrected chi connectivity index (χ4v) is 5.80. The zero-order valence-corrected chi connectivity index (χ0v) is 15.3. The molecule has 1 aromatic carbocycles. The van der Waals surface area contributed by atoms with Crippen molar-refractivity contribution in [2.45, 2.75) is 12.5 Å². The predicted molar refractivity (Wildman–Crippen MR) is 94.9 cm³/mol. The third kappa shape index (κ3) is 3.41. The summed E-state index contributed by atoms with van der Waals surface area (Å²) in [5.41, 5.74) is 0.646. The van der Waals surface area contributed by atoms with E-state index in [9.17, 15) is 13.2 Å². The number of quaternary nitrogens is 1. The first kappa shape index (κ1) is 16.9. The number of hydrogen-bond acceptors (Lipinski definition) is 4. The largest absolute Gasteiger partial charge is 0.451 e. The first-order valence-corrected chi connectivity index (χ1v) is 10.6. The number of nitrogens with zero attached hydrogens (tertiary/aromatic N) is 1. The van der Waals surface area contributed by atoms with Crippen LogP contribution < -0.4 is 4.90 Å². The van der Waals surface area contributed by atoms with Gasteiger partial charge >= 0.3 is 0 Å². The Morgan fingerprint density at radius 1 is 1.24 bits per heavy atom. The van der Waals surface area contributed by atoms with Crippen molar-refractivity contribution in [1.82, 2.24) is 4.90 Å². The summed E-state index contributed by atoms with van der Waals surface area (Å²) in [6.07, 6.45) is 0.732. The maximum Gasteiger partial charge on any atom is 0.290 e. The molecule has 6 nitrogen and oxygen atoms in total. The number of benzene rings is 1. The van der Waals surface area contributed by atoms with Gasteiger partial charge in [0.1, 0.15) is 17.4 Å². The minimum Gasteiger partial charge on any atom is -0.451 e. The third-order valence-corrected chi connectivity index (χ3v) is 7.19. The number of halogens is 1. The van der Waals surface area contributed by atoms with Crippen LogP contribution in [0, 0.1) is 0 Å². The number of hydrogen-bond donors (Lipinski definition) is 1. The van der Waals surface area contributed by atoms with E-state index in [1.165, 1.54) is 4.90 Å². The highest BCUT2D eigenvalue weighted by atomic mass is 35.5. The Hall–Kier alpha value is -1.57. The van der Waals surface area contributed by atoms with Crippen LogP contribution in [0.4, 0.5) is 0 Å². The summed E-state index contributed by atoms with van der Waals surface area (Å²) in [6, 6.07) is 7.18. The van der Waals surface area contributed by atoms with Crippen LogP contribution in [0.5, 0.6) is 0 Å². The average molecular weight is 384 g/mol. The van der Waals surface area contributed by atoms with Crippen molar-refractivity contribution < 1.29 is 22.5 Å². The summed E-state index contributed by atoms with van der Waals surface area (Å²) in [6.45, 7) is 2.78. The number of piperazine rings is 1. The number of furan rings is 1. The molecule has 2 aromatic rings. The molecule has 0 bridgehead atoms. The Labute approximate surface area is 151 Å². The Bertz CT molecular complexity index is 916. The molecule has 25 heavy (non-hydrogen) atoms. The van der Waals surface area contributed by atoms with E-state index in [1.54, 1.807) is 29.2 Å². The summed E-state index contributed by atoms with van der Waals surface area (Å²) in [5.74, 6) is 0.779. The minimum absolute atomic E-state index is 0.120. The van der Waals surface area contributed by atoms with Crippen molar-refractivity contribution in [2.24, 2.45) is 0 Å². The molecule has 8 heteroatoms. The Balaban J connectivity index is 1.42. The molecule has 134 valence electrons. The van der Waals surface area contributed by atoms with E-state index in [0.29, 0.717) is 35.2 Å². The van der Waals surface area contributed by atoms with Gasteiger partial charge in [-0.3, -0.25) is 4.79 Å². The van der Waals surface area contributed by atoms with Crippen molar-refractivity contribution in [2.75, 3.05) is 37.7 Å². The highest BCUT2D eigenvalue weighted by Crippen LogP contribution is 2.24. The lowest BCUT2D eigenvalue weighted by molar-refractivity contribution is -0.925. The molecular formula is C17H20ClN2O4S+. The van der Waals surface area contributed by atoms with Gasteiger partial charge in [0, 0.05) is 16.8 Å². The molecule has 2 aliphatic heterocycles. The van der Waals surface area contributed by atoms with Gasteiger partial charge in [0.05, 0.1) is 31.9 Å². The van der Waals surface area contributed by atoms with Gasteiger partial charge in [-0.15, -0.1) is 0 Å². The van der Waals surface area contributed by atoms with Gasteiger partial charge in [0.15, 0.2) is 15.6 Å². The predicted octanol–water partition coefficient (Wildman–Crippen LogP) is 0.614. The Morgan fingerprint density at radius 2 is 2.00 bits per heavy atom. The van der Waals surface area contributed by atoms with Crippen LogP contribution in [0.3, 0.4) is 0 Å². The summed E-state index contributed by atoms with van der Waals surface area (Å²) in [7, 11) is -2.86. The molecular weight excluding hydrogens is 364 g/mol. The number of sulfone groups is 1. The molecule has 1 aromatic heterocycles. The van der Waals surface area contributed by atoms with Crippen molar-refractivity contribution in [1.29, 1.82) is 0 Å². The van der Waals surface area contributed by atoms with Crippen LogP contribution in [-0.2, 0) is 9.84 Å². The second-order valence-corrected chi connectivity index (χ2v) is 9.51. The zero-order valence-electron chi connectivity index (χ0n) is 13.7. The minimum atomic E-state index is -2.86. The van der Waals surface area contributed by atoms with Gasteiger partial charge in [-0.1, -0.05) is 11.6 Å². The first-order valence-electron chi connectivity index (χ1n) is 8.45. The molecule has 3 heterocycles. The lowest BCUT2D eigenvalue weighted by Gasteiger charge is -2.34. The molecule has 0 saturated carbocycles. The Kier molecular flexibility index (Phi) is 4.25. The van der Waals surface area contributed by atoms with E-state index in [2.05, 4.69) is 0 Å². The van der Waals surface area contributed by atoms with Gasteiger partial charge in [0.2, 0.25) is 0 Å². The lowest BCUT2D eigenvalue weighted by atomic mass is 10.2. The number of rotatable bonds is 2. The Morgan fingerprint density at radius 3 is 2.68 bits per heavy atom. The number of nitrogens with one attached hydrogen (secondary N) is 1. The number of carbonyl (C=O) groups excluding carboxylic acids is 1. The fraction of sp³-hybridized carbons (Fsp3) is 0.471. The smallest absolute Gasteiger partial charge is 0.290 e. The molecule has 0 radical (unpaired) electrons. The van der Waals surface area contributed by atoms with Crippen molar-refractivity contribution in [3.63, 3.8) is 0 Å². The maximum atomic E-state index is 12.7. The van der Waals surface area contributed by atoms with E-state index < -0.39 is 9.84 Å². The van der Waals surface area contributed by atoms with Gasteiger partial charge in [-0.2, -0.15) is 0 Å². The second kappa shape index (κ2) is 6.30. The van der Waals surface area contributed by atoms with Gasteiger partial charge < -0.3 is 14.2 Å². The zero-order chi connectivity index (χ0) is 17.6. The quantitative estimate of drug-likeness (QED) is 0.825. The van der Waals surface area contributed by atoms with Gasteiger partial charge in [-0.05, 0) is 24.3 Å². The molecule has 0 spiro atoms. The average Bonchev–Trinajstić information content (AvgIpc) is 3.17. The van der Waals surface area contributed by atoms with E-state index in [1.807, 2.05) is 0 Å². The van der Waals surface area contributed by atoms with Crippen molar-refractivity contribution in [3.8, 4) is 0 Å². The summed E-state index contributed by atoms with van der Waals surface area (Å²) < 4.78 is 29.0. The number of fused-ring (bicyclic) bond motifs is 1. The van der Waals surface area contributed by atoms with Crippen LogP contribution in [0.1, 0.15) is 17.0 Å². The van der Waals surface area contributed by atoms with Gasteiger partial charge in [-0.25, -0.2) is 8.42 Å². The molecule has 0 aliphatic carbocycles. The van der Waals surface area contributed by atoms with Gasteiger partial charge in [0.25, 0.3) is 5.91 Å². The highest BCUT2D eigenvalue weighted by molar-refractivity contribution is 7.91. The van der Waals surface area contributed by atoms with E-state index in [-0.39, 0.29) is 17.7 Å². The molecule has 1 atom stereocenters. The third-order valence-electron chi connectivity index (χ3n) is 5.19. The lowest BCUT2D eigenvalue weighted by Crippen LogP contribution is -3.18. The number of amides is 1. The molecule has 2 aliphatic rings. The standard InChI is InChI=1S/C17H19ClN2O4S/c18-13-1-2-15-12(9-13)10-16(24-15)17(21)20-6-4-19(5-7-20)14-3-8-25(22,23)11-14/h1-2,9-10,14H,3-8,11H2/p+1/t14-/m1/s1. The fourth-order valence-electron chi connectivity index (χ4n) is 3.80. The topological polar surface area (TPSA) is 72.0 Å². The summed E-state index contributed by atoms with van der Waals surface area (Å²) in [4.78, 5) is 15.8. The molecule has 2 saturated heterocycles. The maximum absolute atomic E-state index is 12.7. The van der Waals surface area contributed by atoms with Crippen LogP contribution in [-0.4, -0.2) is 63.0 Å². The summed E-state index contributed by atoms with van der Waals surface area (Å²) in [5, 5.41) is 1.42. The molecule has 1 amide bonds. The van der Waals surface area contributed by atoms with Crippen LogP contribution in [0.2, 0.25) is 5.02 Å². The highest BCUT2D eigenvalue weighted by Gasteiger charge is 2.37. The van der Waals surface area contributed by atoms with Crippen LogP contribution >= 0.6 is 11.6 Å². The van der Waals surface area contributed by atoms with Crippen molar-refractivity contribution >= 4 is 38.3 Å². The monoisotopic (exact) mass is 383 g/mol. The number of carbonyl (C=O) groups is 1. The van der Waals surface area contributed by atoms with Crippen LogP contribution in [0.15, 0.2) is 28.7 Å². The van der Waals surface area contributed by atoms with E-state index >= 15 is 0 Å². The molecule has 2 fully saturated rings. The molecule has 4 rings (SSSR count). The van der Waals surface area contributed by atoms with Crippen LogP contribution in [0.25, 0.3) is 11.0 Å². The van der Waals surface area contributed by atoms with E-state index in [0.717, 1.165) is 24.9 Å². The SMILES string of the molecule is O=C(c1cc2cc(Cl)ccc2o1)N1CC[NH+]([C@@H]2CCS(=O)(=O)C2)CC1. The normalized spacial score (nSPS) is 24.0. The molecule has 1 N–H and O–H groups in total. The first-order chi connectivity index (χ1) is 11.9.